The molecule has 1 aromatic carbocycles. The summed E-state index contributed by atoms with van der Waals surface area (Å²) in [5.41, 5.74) is 0.539. The van der Waals surface area contributed by atoms with Gasteiger partial charge in [0.1, 0.15) is 5.82 Å². The van der Waals surface area contributed by atoms with Crippen molar-refractivity contribution in [1.82, 2.24) is 19.5 Å². The number of nitrogens with one attached hydrogen (secondary N) is 2. The number of carbonyl (C=O) groups is 1. The third kappa shape index (κ3) is 4.80. The third-order valence-corrected chi connectivity index (χ3v) is 7.70. The molecule has 1 aliphatic carbocycles. The Morgan fingerprint density at radius 1 is 1.28 bits per heavy atom. The van der Waals surface area contributed by atoms with E-state index in [1.807, 2.05) is 0 Å². The molecular weight excluding hydrogens is 414 g/mol. The number of H-pyrrole nitrogens is 1. The first-order valence-electron chi connectivity index (χ1n) is 9.51. The molecule has 1 amide bonds. The van der Waals surface area contributed by atoms with Gasteiger partial charge in [-0.05, 0) is 44.0 Å². The van der Waals surface area contributed by atoms with Crippen LogP contribution in [0, 0.1) is 0 Å². The first kappa shape index (κ1) is 20.3. The van der Waals surface area contributed by atoms with Gasteiger partial charge in [0, 0.05) is 24.7 Å². The summed E-state index contributed by atoms with van der Waals surface area (Å²) in [6.45, 7) is 3.27. The van der Waals surface area contributed by atoms with Crippen molar-refractivity contribution in [1.29, 1.82) is 0 Å². The number of thioether (sulfide) groups is 1. The fourth-order valence-corrected chi connectivity index (χ4v) is 5.09. The average Bonchev–Trinajstić information content (AvgIpc) is 3.48. The topological polar surface area (TPSA) is 117 Å². The van der Waals surface area contributed by atoms with E-state index in [9.17, 15) is 13.2 Å². The molecular formula is C18H23N5O4S2. The van der Waals surface area contributed by atoms with Gasteiger partial charge in [-0.1, -0.05) is 11.8 Å². The van der Waals surface area contributed by atoms with E-state index in [-0.39, 0.29) is 10.8 Å². The van der Waals surface area contributed by atoms with Gasteiger partial charge in [-0.2, -0.15) is 4.31 Å². The lowest BCUT2D eigenvalue weighted by Crippen LogP contribution is -2.40. The molecule has 2 aliphatic rings. The molecule has 1 saturated heterocycles. The Labute approximate surface area is 173 Å². The standard InChI is InChI=1S/C18H23N5O4S2/c1-12(28-18-20-16(21-22-18)13-2-3-13)17(24)19-14-4-6-15(7-5-14)29(25,26)23-8-10-27-11-9-23/h4-7,12-13H,2-3,8-11H2,1H3,(H,19,24)(H,20,21,22). The Morgan fingerprint density at radius 3 is 2.62 bits per heavy atom. The van der Waals surface area contributed by atoms with E-state index in [1.54, 1.807) is 19.1 Å². The van der Waals surface area contributed by atoms with Gasteiger partial charge in [-0.3, -0.25) is 9.89 Å². The Morgan fingerprint density at radius 2 is 1.97 bits per heavy atom. The summed E-state index contributed by atoms with van der Waals surface area (Å²) >= 11 is 1.28. The fraction of sp³-hybridized carbons (Fsp3) is 0.500. The van der Waals surface area contributed by atoms with Crippen LogP contribution in [0.25, 0.3) is 0 Å². The number of anilines is 1. The van der Waals surface area contributed by atoms with Crippen LogP contribution < -0.4 is 5.32 Å². The molecule has 4 rings (SSSR count). The second-order valence-corrected chi connectivity index (χ2v) is 10.3. The second-order valence-electron chi connectivity index (χ2n) is 7.07. The van der Waals surface area contributed by atoms with Crippen LogP contribution in [0.15, 0.2) is 34.3 Å². The number of hydrogen-bond donors (Lipinski definition) is 2. The Balaban J connectivity index is 1.35. The van der Waals surface area contributed by atoms with Gasteiger partial charge >= 0.3 is 0 Å². The van der Waals surface area contributed by atoms with Crippen LogP contribution >= 0.6 is 11.8 Å². The number of sulfonamides is 1. The van der Waals surface area contributed by atoms with Crippen molar-refractivity contribution in [2.24, 2.45) is 0 Å². The van der Waals surface area contributed by atoms with Crippen molar-refractivity contribution in [3.63, 3.8) is 0 Å². The number of hydrogen-bond acceptors (Lipinski definition) is 7. The maximum Gasteiger partial charge on any atom is 0.243 e. The van der Waals surface area contributed by atoms with Crippen molar-refractivity contribution >= 4 is 33.4 Å². The van der Waals surface area contributed by atoms with Crippen LogP contribution in [-0.2, 0) is 19.6 Å². The molecule has 1 saturated carbocycles. The van der Waals surface area contributed by atoms with E-state index >= 15 is 0 Å². The molecule has 0 radical (unpaired) electrons. The lowest BCUT2D eigenvalue weighted by atomic mass is 10.3. The smallest absolute Gasteiger partial charge is 0.243 e. The number of morpholine rings is 1. The number of carbonyl (C=O) groups excluding carboxylic acids is 1. The molecule has 1 atom stereocenters. The summed E-state index contributed by atoms with van der Waals surface area (Å²) in [4.78, 5) is 17.1. The highest BCUT2D eigenvalue weighted by atomic mass is 32.2. The summed E-state index contributed by atoms with van der Waals surface area (Å²) in [6, 6.07) is 6.21. The molecule has 0 bridgehead atoms. The number of nitrogens with zero attached hydrogens (tertiary/aromatic N) is 3. The summed E-state index contributed by atoms with van der Waals surface area (Å²) in [7, 11) is -3.55. The van der Waals surface area contributed by atoms with Gasteiger partial charge in [0.15, 0.2) is 0 Å². The van der Waals surface area contributed by atoms with Crippen LogP contribution in [0.2, 0.25) is 0 Å². The van der Waals surface area contributed by atoms with Crippen LogP contribution in [0.4, 0.5) is 5.69 Å². The highest BCUT2D eigenvalue weighted by molar-refractivity contribution is 8.00. The Hall–Kier alpha value is -1.95. The lowest BCUT2D eigenvalue weighted by molar-refractivity contribution is -0.115. The fourth-order valence-electron chi connectivity index (χ4n) is 2.95. The summed E-state index contributed by atoms with van der Waals surface area (Å²) in [5, 5.41) is 10.1. The number of ether oxygens (including phenoxy) is 1. The SMILES string of the molecule is CC(Sc1n[nH]c(C2CC2)n1)C(=O)Nc1ccc(S(=O)(=O)N2CCOCC2)cc1. The third-order valence-electron chi connectivity index (χ3n) is 4.83. The van der Waals surface area contributed by atoms with Gasteiger partial charge in [0.25, 0.3) is 0 Å². The quantitative estimate of drug-likeness (QED) is 0.635. The average molecular weight is 438 g/mol. The molecule has 1 aliphatic heterocycles. The molecule has 2 fully saturated rings. The van der Waals surface area contributed by atoms with Crippen LogP contribution in [0.3, 0.4) is 0 Å². The first-order valence-corrected chi connectivity index (χ1v) is 11.8. The monoisotopic (exact) mass is 437 g/mol. The van der Waals surface area contributed by atoms with Gasteiger partial charge < -0.3 is 10.1 Å². The van der Waals surface area contributed by atoms with Crippen molar-refractivity contribution in [2.75, 3.05) is 31.6 Å². The highest BCUT2D eigenvalue weighted by Gasteiger charge is 2.28. The van der Waals surface area contributed by atoms with E-state index in [1.165, 1.54) is 28.2 Å². The Kier molecular flexibility index (Phi) is 5.91. The van der Waals surface area contributed by atoms with Gasteiger partial charge in [-0.25, -0.2) is 13.4 Å². The second kappa shape index (κ2) is 8.42. The largest absolute Gasteiger partial charge is 0.379 e. The van der Waals surface area contributed by atoms with Gasteiger partial charge in [0.2, 0.25) is 21.1 Å². The number of aromatic amines is 1. The highest BCUT2D eigenvalue weighted by Crippen LogP contribution is 2.38. The van der Waals surface area contributed by atoms with E-state index in [0.717, 1.165) is 18.7 Å². The van der Waals surface area contributed by atoms with E-state index in [4.69, 9.17) is 4.74 Å². The zero-order chi connectivity index (χ0) is 20.4. The maximum atomic E-state index is 12.6. The molecule has 1 aromatic heterocycles. The zero-order valence-corrected chi connectivity index (χ0v) is 17.6. The van der Waals surface area contributed by atoms with Crippen LogP contribution in [0.5, 0.6) is 0 Å². The molecule has 29 heavy (non-hydrogen) atoms. The normalized spacial score (nSPS) is 19.1. The predicted molar refractivity (Wildman–Crippen MR) is 108 cm³/mol. The minimum absolute atomic E-state index is 0.198. The molecule has 156 valence electrons. The van der Waals surface area contributed by atoms with Crippen LogP contribution in [0.1, 0.15) is 31.5 Å². The molecule has 11 heteroatoms. The molecule has 0 spiro atoms. The number of rotatable bonds is 7. The molecule has 2 aromatic rings. The van der Waals surface area contributed by atoms with E-state index in [0.29, 0.717) is 43.1 Å². The van der Waals surface area contributed by atoms with Crippen molar-refractivity contribution in [2.45, 2.75) is 41.0 Å². The minimum Gasteiger partial charge on any atom is -0.379 e. The van der Waals surface area contributed by atoms with Gasteiger partial charge in [0.05, 0.1) is 23.4 Å². The summed E-state index contributed by atoms with van der Waals surface area (Å²) in [6.07, 6.45) is 2.26. The predicted octanol–water partition coefficient (Wildman–Crippen LogP) is 1.82. The van der Waals surface area contributed by atoms with Crippen molar-refractivity contribution < 1.29 is 17.9 Å². The molecule has 2 heterocycles. The molecule has 1 unspecified atom stereocenters. The summed E-state index contributed by atoms with van der Waals surface area (Å²) in [5.74, 6) is 1.17. The van der Waals surface area contributed by atoms with Gasteiger partial charge in [-0.15, -0.1) is 5.10 Å². The number of benzene rings is 1. The Bertz CT molecular complexity index is 966. The first-order chi connectivity index (χ1) is 13.9. The van der Waals surface area contributed by atoms with Crippen molar-refractivity contribution in [3.05, 3.63) is 30.1 Å². The summed E-state index contributed by atoms with van der Waals surface area (Å²) < 4.78 is 31.9. The van der Waals surface area contributed by atoms with Crippen LogP contribution in [-0.4, -0.2) is 65.4 Å². The van der Waals surface area contributed by atoms with E-state index in [2.05, 4.69) is 20.5 Å². The molecule has 9 nitrogen and oxygen atoms in total. The molecule has 2 N–H and O–H groups in total. The van der Waals surface area contributed by atoms with Crippen molar-refractivity contribution in [3.8, 4) is 0 Å². The van der Waals surface area contributed by atoms with E-state index < -0.39 is 15.3 Å². The minimum atomic E-state index is -3.55. The number of aromatic nitrogens is 3. The zero-order valence-electron chi connectivity index (χ0n) is 16.0. The number of amides is 1. The maximum absolute atomic E-state index is 12.6. The lowest BCUT2D eigenvalue weighted by Gasteiger charge is -2.26.